The first-order valence-corrected chi connectivity index (χ1v) is 7.06. The molecule has 1 aromatic rings. The summed E-state index contributed by atoms with van der Waals surface area (Å²) in [6.45, 7) is 0. The van der Waals surface area contributed by atoms with Crippen molar-refractivity contribution in [2.75, 3.05) is 0 Å². The second-order valence-electron chi connectivity index (χ2n) is 5.97. The fourth-order valence-corrected chi connectivity index (χ4v) is 4.22. The molecule has 4 heteroatoms. The maximum Gasteiger partial charge on any atom is 0.310 e. The number of carbonyl (C=O) groups is 1. The van der Waals surface area contributed by atoms with Crippen molar-refractivity contribution in [1.82, 2.24) is 0 Å². The van der Waals surface area contributed by atoms with E-state index >= 15 is 0 Å². The van der Waals surface area contributed by atoms with Crippen molar-refractivity contribution < 1.29 is 14.3 Å². The summed E-state index contributed by atoms with van der Waals surface area (Å²) in [6.07, 6.45) is 4.41. The molecule has 0 saturated heterocycles. The normalized spacial score (nSPS) is 32.7. The van der Waals surface area contributed by atoms with Crippen molar-refractivity contribution in [2.45, 2.75) is 32.1 Å². The molecule has 3 unspecified atom stereocenters. The molecule has 0 aliphatic heterocycles. The van der Waals surface area contributed by atoms with Crippen LogP contribution in [-0.4, -0.2) is 11.1 Å². The molecule has 0 radical (unpaired) electrons. The first kappa shape index (κ1) is 12.9. The van der Waals surface area contributed by atoms with Gasteiger partial charge in [0.05, 0.1) is 10.4 Å². The van der Waals surface area contributed by atoms with E-state index in [9.17, 15) is 14.3 Å². The van der Waals surface area contributed by atoms with Gasteiger partial charge in [-0.15, -0.1) is 0 Å². The molecule has 2 nitrogen and oxygen atoms in total. The lowest BCUT2D eigenvalue weighted by Gasteiger charge is -2.33. The zero-order chi connectivity index (χ0) is 13.6. The molecule has 2 aliphatic carbocycles. The summed E-state index contributed by atoms with van der Waals surface area (Å²) in [5, 5.41) is 9.73. The third-order valence-corrected chi connectivity index (χ3v) is 5.19. The van der Waals surface area contributed by atoms with Gasteiger partial charge in [-0.2, -0.15) is 0 Å². The SMILES string of the molecule is O=C(O)C1(Cc2ccc(F)c(Cl)c2)CC2CCC1C2. The van der Waals surface area contributed by atoms with Crippen molar-refractivity contribution in [3.8, 4) is 0 Å². The van der Waals surface area contributed by atoms with Crippen molar-refractivity contribution >= 4 is 17.6 Å². The van der Waals surface area contributed by atoms with E-state index in [1.807, 2.05) is 0 Å². The van der Waals surface area contributed by atoms with Crippen LogP contribution in [0.25, 0.3) is 0 Å². The van der Waals surface area contributed by atoms with Gasteiger partial charge < -0.3 is 5.11 Å². The average molecular weight is 283 g/mol. The zero-order valence-corrected chi connectivity index (χ0v) is 11.3. The predicted octanol–water partition coefficient (Wildman–Crippen LogP) is 3.91. The first-order chi connectivity index (χ1) is 9.01. The van der Waals surface area contributed by atoms with Crippen LogP contribution < -0.4 is 0 Å². The van der Waals surface area contributed by atoms with Crippen LogP contribution >= 0.6 is 11.6 Å². The van der Waals surface area contributed by atoms with Gasteiger partial charge in [0.15, 0.2) is 0 Å². The van der Waals surface area contributed by atoms with Gasteiger partial charge >= 0.3 is 5.97 Å². The lowest BCUT2D eigenvalue weighted by atomic mass is 9.69. The summed E-state index contributed by atoms with van der Waals surface area (Å²) in [6, 6.07) is 4.53. The highest BCUT2D eigenvalue weighted by Gasteiger charge is 2.55. The summed E-state index contributed by atoms with van der Waals surface area (Å²) in [5.41, 5.74) is 0.158. The molecular weight excluding hydrogens is 267 g/mol. The standard InChI is InChI=1S/C15H16ClFO2/c16-12-6-10(2-4-13(12)17)8-15(14(18)19)7-9-1-3-11(15)5-9/h2,4,6,9,11H,1,3,5,7-8H2,(H,18,19). The molecule has 3 rings (SSSR count). The van der Waals surface area contributed by atoms with Crippen LogP contribution in [0, 0.1) is 23.1 Å². The number of halogens is 2. The molecule has 1 N–H and O–H groups in total. The highest BCUT2D eigenvalue weighted by atomic mass is 35.5. The number of carboxylic acids is 1. The summed E-state index contributed by atoms with van der Waals surface area (Å²) in [5.74, 6) is -0.348. The van der Waals surface area contributed by atoms with Gasteiger partial charge in [-0.05, 0) is 55.2 Å². The molecule has 1 aromatic carbocycles. The number of hydrogen-bond acceptors (Lipinski definition) is 1. The van der Waals surface area contributed by atoms with Gasteiger partial charge in [0.1, 0.15) is 5.82 Å². The van der Waals surface area contributed by atoms with E-state index in [2.05, 4.69) is 0 Å². The molecule has 2 fully saturated rings. The molecule has 0 spiro atoms. The van der Waals surface area contributed by atoms with Crippen LogP contribution in [0.1, 0.15) is 31.2 Å². The van der Waals surface area contributed by atoms with E-state index in [1.54, 1.807) is 12.1 Å². The molecule has 102 valence electrons. The minimum atomic E-state index is -0.708. The third-order valence-electron chi connectivity index (χ3n) is 4.91. The van der Waals surface area contributed by atoms with Crippen LogP contribution in [0.5, 0.6) is 0 Å². The van der Waals surface area contributed by atoms with Gasteiger partial charge in [0, 0.05) is 0 Å². The lowest BCUT2D eigenvalue weighted by molar-refractivity contribution is -0.152. The molecule has 3 atom stereocenters. The van der Waals surface area contributed by atoms with Gasteiger partial charge in [0.25, 0.3) is 0 Å². The Morgan fingerprint density at radius 2 is 2.26 bits per heavy atom. The smallest absolute Gasteiger partial charge is 0.310 e. The molecule has 0 amide bonds. The van der Waals surface area contributed by atoms with Crippen LogP contribution in [0.4, 0.5) is 4.39 Å². The third kappa shape index (κ3) is 2.04. The average Bonchev–Trinajstić information content (AvgIpc) is 2.94. The second-order valence-corrected chi connectivity index (χ2v) is 6.37. The van der Waals surface area contributed by atoms with Crippen molar-refractivity contribution in [1.29, 1.82) is 0 Å². The second kappa shape index (κ2) is 4.48. The highest BCUT2D eigenvalue weighted by Crippen LogP contribution is 2.57. The molecule has 19 heavy (non-hydrogen) atoms. The topological polar surface area (TPSA) is 37.3 Å². The number of hydrogen-bond donors (Lipinski definition) is 1. The maximum absolute atomic E-state index is 13.2. The highest BCUT2D eigenvalue weighted by molar-refractivity contribution is 6.30. The first-order valence-electron chi connectivity index (χ1n) is 6.68. The molecule has 0 heterocycles. The van der Waals surface area contributed by atoms with Crippen LogP contribution in [-0.2, 0) is 11.2 Å². The number of benzene rings is 1. The molecule has 0 aromatic heterocycles. The molecule has 2 aliphatic rings. The number of fused-ring (bicyclic) bond motifs is 2. The van der Waals surface area contributed by atoms with E-state index in [0.717, 1.165) is 31.2 Å². The molecule has 2 bridgehead atoms. The Hall–Kier alpha value is -1.09. The van der Waals surface area contributed by atoms with Crippen LogP contribution in [0.3, 0.4) is 0 Å². The predicted molar refractivity (Wildman–Crippen MR) is 70.6 cm³/mol. The van der Waals surface area contributed by atoms with E-state index in [4.69, 9.17) is 11.6 Å². The van der Waals surface area contributed by atoms with Gasteiger partial charge in [-0.25, -0.2) is 4.39 Å². The zero-order valence-electron chi connectivity index (χ0n) is 10.5. The Balaban J connectivity index is 1.90. The Bertz CT molecular complexity index is 531. The summed E-state index contributed by atoms with van der Waals surface area (Å²) < 4.78 is 13.2. The van der Waals surface area contributed by atoms with E-state index in [1.165, 1.54) is 6.07 Å². The van der Waals surface area contributed by atoms with Crippen molar-refractivity contribution in [2.24, 2.45) is 17.3 Å². The Morgan fingerprint density at radius 1 is 1.47 bits per heavy atom. The van der Waals surface area contributed by atoms with Crippen LogP contribution in [0.15, 0.2) is 18.2 Å². The summed E-state index contributed by atoms with van der Waals surface area (Å²) in [7, 11) is 0. The van der Waals surface area contributed by atoms with E-state index in [0.29, 0.717) is 12.3 Å². The van der Waals surface area contributed by atoms with E-state index < -0.39 is 17.2 Å². The number of carboxylic acid groups (broad SMARTS) is 1. The monoisotopic (exact) mass is 282 g/mol. The summed E-state index contributed by atoms with van der Waals surface area (Å²) >= 11 is 5.78. The Labute approximate surface area is 116 Å². The van der Waals surface area contributed by atoms with Crippen LogP contribution in [0.2, 0.25) is 5.02 Å². The van der Waals surface area contributed by atoms with Gasteiger partial charge in [0.2, 0.25) is 0 Å². The fourth-order valence-electron chi connectivity index (χ4n) is 4.01. The quantitative estimate of drug-likeness (QED) is 0.912. The van der Waals surface area contributed by atoms with Crippen molar-refractivity contribution in [3.05, 3.63) is 34.6 Å². The number of aliphatic carboxylic acids is 1. The van der Waals surface area contributed by atoms with Gasteiger partial charge in [-0.3, -0.25) is 4.79 Å². The van der Waals surface area contributed by atoms with Gasteiger partial charge in [-0.1, -0.05) is 24.1 Å². The lowest BCUT2D eigenvalue weighted by Crippen LogP contribution is -2.38. The minimum Gasteiger partial charge on any atom is -0.481 e. The Morgan fingerprint density at radius 3 is 2.79 bits per heavy atom. The molecule has 2 saturated carbocycles. The van der Waals surface area contributed by atoms with E-state index in [-0.39, 0.29) is 10.9 Å². The molecular formula is C15H16ClFO2. The fraction of sp³-hybridized carbons (Fsp3) is 0.533. The largest absolute Gasteiger partial charge is 0.481 e. The minimum absolute atomic E-state index is 0.0706. The number of rotatable bonds is 3. The summed E-state index contributed by atoms with van der Waals surface area (Å²) in [4.78, 5) is 11.8. The maximum atomic E-state index is 13.2. The van der Waals surface area contributed by atoms with Crippen molar-refractivity contribution in [3.63, 3.8) is 0 Å². The Kier molecular flexibility index (Phi) is 3.05.